The quantitative estimate of drug-likeness (QED) is 0.483. The number of aromatic nitrogens is 2. The van der Waals surface area contributed by atoms with Crippen molar-refractivity contribution in [2.45, 2.75) is 19.5 Å². The minimum absolute atomic E-state index is 0.302. The highest BCUT2D eigenvalue weighted by atomic mass is 19.1. The summed E-state index contributed by atoms with van der Waals surface area (Å²) < 4.78 is 15.7. The molecule has 7 heteroatoms. The number of aliphatic imine (C=N–C) groups is 1. The van der Waals surface area contributed by atoms with Crippen LogP contribution in [0.15, 0.2) is 41.7 Å². The molecule has 0 spiro atoms. The van der Waals surface area contributed by atoms with Crippen molar-refractivity contribution in [3.63, 3.8) is 0 Å². The number of aryl methyl sites for hydroxylation is 1. The minimum Gasteiger partial charge on any atom is -0.356 e. The Bertz CT molecular complexity index is 687. The van der Waals surface area contributed by atoms with E-state index < -0.39 is 5.82 Å². The Morgan fingerprint density at radius 3 is 2.96 bits per heavy atom. The summed E-state index contributed by atoms with van der Waals surface area (Å²) >= 11 is 0. The molecule has 6 nitrogen and oxygen atoms in total. The highest BCUT2D eigenvalue weighted by molar-refractivity contribution is 5.79. The van der Waals surface area contributed by atoms with Gasteiger partial charge in [0, 0.05) is 44.6 Å². The van der Waals surface area contributed by atoms with Gasteiger partial charge < -0.3 is 10.6 Å². The molecule has 0 aliphatic rings. The van der Waals surface area contributed by atoms with Gasteiger partial charge in [-0.05, 0) is 24.6 Å². The molecule has 0 bridgehead atoms. The Balaban J connectivity index is 1.75. The molecule has 1 heterocycles. The average Bonchev–Trinajstić information content (AvgIpc) is 3.08. The third-order valence-corrected chi connectivity index (χ3v) is 3.27. The van der Waals surface area contributed by atoms with Crippen LogP contribution in [0.5, 0.6) is 0 Å². The maximum absolute atomic E-state index is 13.8. The monoisotopic (exact) mass is 314 g/mol. The van der Waals surface area contributed by atoms with E-state index in [-0.39, 0.29) is 0 Å². The lowest BCUT2D eigenvalue weighted by molar-refractivity contribution is 0.569. The number of halogens is 1. The fourth-order valence-corrected chi connectivity index (χ4v) is 2.04. The summed E-state index contributed by atoms with van der Waals surface area (Å²) in [5, 5.41) is 19.1. The van der Waals surface area contributed by atoms with Gasteiger partial charge in [0.15, 0.2) is 5.96 Å². The third kappa shape index (κ3) is 5.11. The lowest BCUT2D eigenvalue weighted by Gasteiger charge is -2.12. The molecule has 0 atom stereocenters. The maximum atomic E-state index is 13.8. The molecule has 0 radical (unpaired) electrons. The Labute approximate surface area is 134 Å². The molecule has 0 aliphatic carbocycles. The first-order valence-corrected chi connectivity index (χ1v) is 7.33. The van der Waals surface area contributed by atoms with Gasteiger partial charge in [-0.3, -0.25) is 9.67 Å². The van der Waals surface area contributed by atoms with E-state index in [4.69, 9.17) is 5.26 Å². The van der Waals surface area contributed by atoms with Gasteiger partial charge in [0.2, 0.25) is 0 Å². The van der Waals surface area contributed by atoms with Crippen molar-refractivity contribution in [1.82, 2.24) is 20.4 Å². The van der Waals surface area contributed by atoms with Crippen LogP contribution in [0.4, 0.5) is 4.39 Å². The minimum atomic E-state index is -0.398. The second-order valence-electron chi connectivity index (χ2n) is 4.89. The summed E-state index contributed by atoms with van der Waals surface area (Å²) in [7, 11) is 1.66. The van der Waals surface area contributed by atoms with Crippen LogP contribution >= 0.6 is 0 Å². The van der Waals surface area contributed by atoms with Crippen LogP contribution in [0, 0.1) is 17.1 Å². The standard InChI is InChI=1S/C16H19FN6/c1-19-16(20-6-2-8-23-9-3-7-22-23)21-12-14-5-4-13(11-18)10-15(14)17/h3-5,7,9-10H,2,6,8,12H2,1H3,(H2,19,20,21). The fourth-order valence-electron chi connectivity index (χ4n) is 2.04. The lowest BCUT2D eigenvalue weighted by atomic mass is 10.1. The number of rotatable bonds is 6. The summed E-state index contributed by atoms with van der Waals surface area (Å²) in [6.45, 7) is 1.85. The molecular weight excluding hydrogens is 295 g/mol. The Morgan fingerprint density at radius 2 is 2.30 bits per heavy atom. The molecule has 2 aromatic rings. The van der Waals surface area contributed by atoms with Crippen LogP contribution in [0.25, 0.3) is 0 Å². The van der Waals surface area contributed by atoms with Gasteiger partial charge in [0.25, 0.3) is 0 Å². The second kappa shape index (κ2) is 8.54. The first-order valence-electron chi connectivity index (χ1n) is 7.33. The number of hydrogen-bond donors (Lipinski definition) is 2. The van der Waals surface area contributed by atoms with Crippen molar-refractivity contribution in [2.24, 2.45) is 4.99 Å². The van der Waals surface area contributed by atoms with Gasteiger partial charge >= 0.3 is 0 Å². The number of nitrogens with zero attached hydrogens (tertiary/aromatic N) is 4. The Kier molecular flexibility index (Phi) is 6.12. The van der Waals surface area contributed by atoms with Gasteiger partial charge in [0.05, 0.1) is 11.6 Å². The highest BCUT2D eigenvalue weighted by Crippen LogP contribution is 2.09. The van der Waals surface area contributed by atoms with Crippen molar-refractivity contribution in [2.75, 3.05) is 13.6 Å². The van der Waals surface area contributed by atoms with Gasteiger partial charge in [-0.2, -0.15) is 10.4 Å². The van der Waals surface area contributed by atoms with Crippen molar-refractivity contribution < 1.29 is 4.39 Å². The fraction of sp³-hybridized carbons (Fsp3) is 0.312. The molecule has 0 fully saturated rings. The first-order chi connectivity index (χ1) is 11.2. The zero-order valence-electron chi connectivity index (χ0n) is 13.0. The number of nitriles is 1. The number of nitrogens with one attached hydrogen (secondary N) is 2. The molecule has 1 aromatic heterocycles. The third-order valence-electron chi connectivity index (χ3n) is 3.27. The second-order valence-corrected chi connectivity index (χ2v) is 4.89. The predicted octanol–water partition coefficient (Wildman–Crippen LogP) is 1.65. The Morgan fingerprint density at radius 1 is 1.43 bits per heavy atom. The van der Waals surface area contributed by atoms with E-state index in [2.05, 4.69) is 20.7 Å². The molecule has 1 aromatic carbocycles. The maximum Gasteiger partial charge on any atom is 0.191 e. The van der Waals surface area contributed by atoms with E-state index in [0.29, 0.717) is 23.6 Å². The highest BCUT2D eigenvalue weighted by Gasteiger charge is 2.05. The summed E-state index contributed by atoms with van der Waals surface area (Å²) in [5.41, 5.74) is 0.802. The van der Waals surface area contributed by atoms with Crippen LogP contribution in [-0.2, 0) is 13.1 Å². The normalized spacial score (nSPS) is 11.1. The molecule has 0 aliphatic heterocycles. The Hall–Kier alpha value is -2.88. The molecule has 120 valence electrons. The molecule has 23 heavy (non-hydrogen) atoms. The van der Waals surface area contributed by atoms with Crippen molar-refractivity contribution in [3.8, 4) is 6.07 Å². The zero-order chi connectivity index (χ0) is 16.5. The molecule has 0 saturated heterocycles. The molecule has 0 amide bonds. The SMILES string of the molecule is CN=C(NCCCn1cccn1)NCc1ccc(C#N)cc1F. The largest absolute Gasteiger partial charge is 0.356 e. The number of benzene rings is 1. The molecule has 2 rings (SSSR count). The van der Waals surface area contributed by atoms with E-state index in [1.807, 2.05) is 23.0 Å². The van der Waals surface area contributed by atoms with Crippen molar-refractivity contribution >= 4 is 5.96 Å². The van der Waals surface area contributed by atoms with Crippen LogP contribution in [0.1, 0.15) is 17.5 Å². The van der Waals surface area contributed by atoms with Crippen molar-refractivity contribution in [1.29, 1.82) is 5.26 Å². The van der Waals surface area contributed by atoms with E-state index in [1.165, 1.54) is 6.07 Å². The smallest absolute Gasteiger partial charge is 0.191 e. The molecule has 0 saturated carbocycles. The van der Waals surface area contributed by atoms with Crippen LogP contribution in [-0.4, -0.2) is 29.3 Å². The number of guanidine groups is 1. The number of hydrogen-bond acceptors (Lipinski definition) is 3. The molecular formula is C16H19FN6. The van der Waals surface area contributed by atoms with Crippen molar-refractivity contribution in [3.05, 3.63) is 53.6 Å². The summed E-state index contributed by atoms with van der Waals surface area (Å²) in [6.07, 6.45) is 4.56. The van der Waals surface area contributed by atoms with Gasteiger partial charge in [0.1, 0.15) is 5.82 Å². The van der Waals surface area contributed by atoms with Gasteiger partial charge in [-0.1, -0.05) is 6.07 Å². The summed E-state index contributed by atoms with van der Waals surface area (Å²) in [4.78, 5) is 4.10. The van der Waals surface area contributed by atoms with Crippen LogP contribution in [0.2, 0.25) is 0 Å². The first kappa shape index (κ1) is 16.5. The van der Waals surface area contributed by atoms with E-state index in [1.54, 1.807) is 25.4 Å². The van der Waals surface area contributed by atoms with Gasteiger partial charge in [-0.15, -0.1) is 0 Å². The molecule has 2 N–H and O–H groups in total. The average molecular weight is 314 g/mol. The zero-order valence-corrected chi connectivity index (χ0v) is 13.0. The van der Waals surface area contributed by atoms with E-state index in [9.17, 15) is 4.39 Å². The van der Waals surface area contributed by atoms with E-state index >= 15 is 0 Å². The van der Waals surface area contributed by atoms with Crippen LogP contribution in [0.3, 0.4) is 0 Å². The molecule has 0 unspecified atom stereocenters. The van der Waals surface area contributed by atoms with Crippen LogP contribution < -0.4 is 10.6 Å². The predicted molar refractivity (Wildman–Crippen MR) is 86.2 cm³/mol. The summed E-state index contributed by atoms with van der Waals surface area (Å²) in [5.74, 6) is 0.208. The van der Waals surface area contributed by atoms with Gasteiger partial charge in [-0.25, -0.2) is 4.39 Å². The topological polar surface area (TPSA) is 78.0 Å². The summed E-state index contributed by atoms with van der Waals surface area (Å²) in [6, 6.07) is 8.24. The van der Waals surface area contributed by atoms with E-state index in [0.717, 1.165) is 19.5 Å². The lowest BCUT2D eigenvalue weighted by Crippen LogP contribution is -2.37.